The lowest BCUT2D eigenvalue weighted by Crippen LogP contribution is -2.22. The van der Waals surface area contributed by atoms with Gasteiger partial charge in [-0.05, 0) is 43.3 Å². The Morgan fingerprint density at radius 3 is 2.26 bits per heavy atom. The molecule has 2 aromatic heterocycles. The van der Waals surface area contributed by atoms with E-state index >= 15 is 0 Å². The van der Waals surface area contributed by atoms with Gasteiger partial charge in [0.25, 0.3) is 11.5 Å². The van der Waals surface area contributed by atoms with Crippen LogP contribution in [0.3, 0.4) is 0 Å². The average Bonchev–Trinajstić information content (AvgIpc) is 2.74. The lowest BCUT2D eigenvalue weighted by molar-refractivity contribution is 0.102. The van der Waals surface area contributed by atoms with Crippen LogP contribution in [0.1, 0.15) is 42.8 Å². The lowest BCUT2D eigenvalue weighted by Gasteiger charge is -2.16. The molecule has 0 aliphatic rings. The third-order valence-electron chi connectivity index (χ3n) is 4.91. The van der Waals surface area contributed by atoms with Crippen LogP contribution in [-0.4, -0.2) is 25.4 Å². The summed E-state index contributed by atoms with van der Waals surface area (Å²) in [6, 6.07) is 14.1. The number of amides is 1. The second kappa shape index (κ2) is 7.75. The molecule has 0 saturated heterocycles. The zero-order chi connectivity index (χ0) is 22.2. The number of rotatable bonds is 3. The number of carbonyl (C=O) groups is 1. The van der Waals surface area contributed by atoms with Crippen molar-refractivity contribution >= 4 is 22.5 Å². The summed E-state index contributed by atoms with van der Waals surface area (Å²) < 4.78 is 1.54. The number of benzene rings is 2. The first kappa shape index (κ1) is 20.4. The summed E-state index contributed by atoms with van der Waals surface area (Å²) in [6.45, 7) is 7.87. The molecule has 0 bridgehead atoms. The van der Waals surface area contributed by atoms with E-state index in [1.54, 1.807) is 54.2 Å². The third-order valence-corrected chi connectivity index (χ3v) is 4.91. The minimum atomic E-state index is -0.278. The minimum absolute atomic E-state index is 0.142. The molecular formula is C24H23N5O2. The quantitative estimate of drug-likeness (QED) is 0.548. The Labute approximate surface area is 179 Å². The number of hydrogen-bond donors (Lipinski definition) is 1. The summed E-state index contributed by atoms with van der Waals surface area (Å²) in [6.07, 6.45) is 3.20. The van der Waals surface area contributed by atoms with Crippen LogP contribution in [0.2, 0.25) is 0 Å². The van der Waals surface area contributed by atoms with Crippen molar-refractivity contribution in [3.05, 3.63) is 88.5 Å². The molecule has 7 nitrogen and oxygen atoms in total. The number of nitrogens with one attached hydrogen (secondary N) is 1. The molecule has 1 N–H and O–H groups in total. The maximum Gasteiger partial charge on any atom is 0.265 e. The van der Waals surface area contributed by atoms with Crippen LogP contribution in [-0.2, 0) is 5.41 Å². The third kappa shape index (κ3) is 4.07. The molecule has 2 heterocycles. The van der Waals surface area contributed by atoms with Crippen molar-refractivity contribution in [1.82, 2.24) is 19.5 Å². The minimum Gasteiger partial charge on any atom is -0.319 e. The Balaban J connectivity index is 1.58. The van der Waals surface area contributed by atoms with Gasteiger partial charge in [-0.15, -0.1) is 0 Å². The number of anilines is 1. The Bertz CT molecular complexity index is 1320. The van der Waals surface area contributed by atoms with Gasteiger partial charge in [-0.2, -0.15) is 0 Å². The van der Waals surface area contributed by atoms with Crippen molar-refractivity contribution in [2.75, 3.05) is 5.32 Å². The SMILES string of the molecule is Cc1nc2ccccc2c(=O)n1-c1ccc(C(=O)Nc2cnc(C(C)(C)C)nc2)cc1. The van der Waals surface area contributed by atoms with Gasteiger partial charge in [-0.25, -0.2) is 15.0 Å². The highest BCUT2D eigenvalue weighted by Gasteiger charge is 2.17. The van der Waals surface area contributed by atoms with E-state index in [-0.39, 0.29) is 16.9 Å². The van der Waals surface area contributed by atoms with Gasteiger partial charge in [0.1, 0.15) is 11.6 Å². The first-order valence-electron chi connectivity index (χ1n) is 9.97. The van der Waals surface area contributed by atoms with E-state index in [1.165, 1.54) is 0 Å². The van der Waals surface area contributed by atoms with Gasteiger partial charge in [0, 0.05) is 11.0 Å². The highest BCUT2D eigenvalue weighted by molar-refractivity contribution is 6.04. The summed E-state index contributed by atoms with van der Waals surface area (Å²) in [5.41, 5.74) is 1.99. The lowest BCUT2D eigenvalue weighted by atomic mass is 9.96. The van der Waals surface area contributed by atoms with Gasteiger partial charge in [-0.3, -0.25) is 14.2 Å². The van der Waals surface area contributed by atoms with E-state index in [0.717, 1.165) is 0 Å². The molecule has 1 amide bonds. The zero-order valence-electron chi connectivity index (χ0n) is 17.9. The molecule has 7 heteroatoms. The topological polar surface area (TPSA) is 89.8 Å². The van der Waals surface area contributed by atoms with Crippen LogP contribution >= 0.6 is 0 Å². The van der Waals surface area contributed by atoms with Crippen LogP contribution in [0.25, 0.3) is 16.6 Å². The van der Waals surface area contributed by atoms with E-state index in [9.17, 15) is 9.59 Å². The molecule has 4 aromatic rings. The molecule has 0 aliphatic carbocycles. The summed E-state index contributed by atoms with van der Waals surface area (Å²) in [5.74, 6) is 1.01. The van der Waals surface area contributed by atoms with Crippen molar-refractivity contribution < 1.29 is 4.79 Å². The van der Waals surface area contributed by atoms with Crippen LogP contribution < -0.4 is 10.9 Å². The van der Waals surface area contributed by atoms with Crippen LogP contribution in [0.5, 0.6) is 0 Å². The maximum atomic E-state index is 12.9. The first-order valence-corrected chi connectivity index (χ1v) is 9.97. The Morgan fingerprint density at radius 1 is 0.968 bits per heavy atom. The number of para-hydroxylation sites is 1. The predicted octanol–water partition coefficient (Wildman–Crippen LogP) is 4.03. The number of hydrogen-bond acceptors (Lipinski definition) is 5. The van der Waals surface area contributed by atoms with E-state index in [4.69, 9.17) is 0 Å². The summed E-state index contributed by atoms with van der Waals surface area (Å²) in [5, 5.41) is 3.35. The predicted molar refractivity (Wildman–Crippen MR) is 121 cm³/mol. The summed E-state index contributed by atoms with van der Waals surface area (Å²) in [4.78, 5) is 38.7. The largest absolute Gasteiger partial charge is 0.319 e. The average molecular weight is 413 g/mol. The number of fused-ring (bicyclic) bond motifs is 1. The maximum absolute atomic E-state index is 12.9. The molecule has 0 saturated carbocycles. The molecular weight excluding hydrogens is 390 g/mol. The normalized spacial score (nSPS) is 11.5. The fourth-order valence-corrected chi connectivity index (χ4v) is 3.29. The summed E-state index contributed by atoms with van der Waals surface area (Å²) >= 11 is 0. The highest BCUT2D eigenvalue weighted by atomic mass is 16.1. The molecule has 156 valence electrons. The van der Waals surface area contributed by atoms with Gasteiger partial charge in [0.15, 0.2) is 0 Å². The molecule has 31 heavy (non-hydrogen) atoms. The van der Waals surface area contributed by atoms with E-state index in [2.05, 4.69) is 20.3 Å². The standard InChI is InChI=1S/C24H23N5O2/c1-15-27-20-8-6-5-7-19(20)22(31)29(15)18-11-9-16(10-12-18)21(30)28-17-13-25-23(26-14-17)24(2,3)4/h5-14H,1-4H3,(H,28,30). The van der Waals surface area contributed by atoms with Crippen LogP contribution in [0.4, 0.5) is 5.69 Å². The molecule has 4 rings (SSSR count). The number of aryl methyl sites for hydroxylation is 1. The summed E-state index contributed by atoms with van der Waals surface area (Å²) in [7, 11) is 0. The number of nitrogens with zero attached hydrogens (tertiary/aromatic N) is 4. The van der Waals surface area contributed by atoms with E-state index < -0.39 is 0 Å². The fraction of sp³-hybridized carbons (Fsp3) is 0.208. The van der Waals surface area contributed by atoms with Gasteiger partial charge < -0.3 is 5.32 Å². The van der Waals surface area contributed by atoms with Crippen molar-refractivity contribution in [1.29, 1.82) is 0 Å². The van der Waals surface area contributed by atoms with Gasteiger partial charge in [0.05, 0.1) is 34.7 Å². The van der Waals surface area contributed by atoms with Gasteiger partial charge in [0.2, 0.25) is 0 Å². The number of aromatic nitrogens is 4. The van der Waals surface area contributed by atoms with E-state index in [0.29, 0.717) is 39.5 Å². The monoisotopic (exact) mass is 413 g/mol. The van der Waals surface area contributed by atoms with E-state index in [1.807, 2.05) is 39.0 Å². The Morgan fingerprint density at radius 2 is 1.61 bits per heavy atom. The Hall–Kier alpha value is -3.87. The molecule has 2 aromatic carbocycles. The molecule has 0 aliphatic heterocycles. The smallest absolute Gasteiger partial charge is 0.265 e. The van der Waals surface area contributed by atoms with Crippen molar-refractivity contribution in [3.8, 4) is 5.69 Å². The van der Waals surface area contributed by atoms with Gasteiger partial charge in [-0.1, -0.05) is 32.9 Å². The van der Waals surface area contributed by atoms with Crippen molar-refractivity contribution in [2.24, 2.45) is 0 Å². The Kier molecular flexibility index (Phi) is 5.10. The molecule has 0 fully saturated rings. The highest BCUT2D eigenvalue weighted by Crippen LogP contribution is 2.19. The molecule has 0 unspecified atom stereocenters. The van der Waals surface area contributed by atoms with Crippen molar-refractivity contribution in [2.45, 2.75) is 33.1 Å². The zero-order valence-corrected chi connectivity index (χ0v) is 17.9. The molecule has 0 spiro atoms. The first-order chi connectivity index (χ1) is 14.7. The van der Waals surface area contributed by atoms with Crippen molar-refractivity contribution in [3.63, 3.8) is 0 Å². The second-order valence-corrected chi connectivity index (χ2v) is 8.36. The van der Waals surface area contributed by atoms with Crippen LogP contribution in [0, 0.1) is 6.92 Å². The van der Waals surface area contributed by atoms with Gasteiger partial charge >= 0.3 is 0 Å². The second-order valence-electron chi connectivity index (χ2n) is 8.36. The van der Waals surface area contributed by atoms with Crippen LogP contribution in [0.15, 0.2) is 65.7 Å². The molecule has 0 radical (unpaired) electrons. The molecule has 0 atom stereocenters. The fourth-order valence-electron chi connectivity index (χ4n) is 3.29. The number of carbonyl (C=O) groups excluding carboxylic acids is 1.